The maximum absolute atomic E-state index is 10.9. The number of aliphatic hydroxyl groups excluding tert-OH is 3. The van der Waals surface area contributed by atoms with E-state index < -0.39 is 30.1 Å². The van der Waals surface area contributed by atoms with Gasteiger partial charge in [-0.25, -0.2) is 0 Å². The molecule has 0 unspecified atom stereocenters. The monoisotopic (exact) mass is 175 g/mol. The van der Waals surface area contributed by atoms with E-state index in [2.05, 4.69) is 0 Å². The molecule has 70 valence electrons. The van der Waals surface area contributed by atoms with Crippen LogP contribution in [0, 0.1) is 0 Å². The molecule has 1 rings (SSSR count). The second-order valence-corrected chi connectivity index (χ2v) is 3.09. The van der Waals surface area contributed by atoms with Gasteiger partial charge in [0.15, 0.2) is 5.78 Å². The molecule has 1 saturated carbocycles. The lowest BCUT2D eigenvalue weighted by Gasteiger charge is -2.21. The van der Waals surface area contributed by atoms with Crippen molar-refractivity contribution in [1.29, 1.82) is 0 Å². The fourth-order valence-electron chi connectivity index (χ4n) is 1.26. The number of carbonyl (C=O) groups excluding carboxylic acids is 1. The molecule has 0 aliphatic heterocycles. The zero-order valence-corrected chi connectivity index (χ0v) is 6.55. The van der Waals surface area contributed by atoms with E-state index in [1.54, 1.807) is 0 Å². The minimum atomic E-state index is -1.49. The third kappa shape index (κ3) is 1.64. The van der Waals surface area contributed by atoms with E-state index in [4.69, 9.17) is 15.9 Å². The van der Waals surface area contributed by atoms with Crippen LogP contribution in [0.1, 0.15) is 12.8 Å². The molecule has 0 heterocycles. The van der Waals surface area contributed by atoms with Crippen LogP contribution in [-0.2, 0) is 4.79 Å². The molecule has 1 aliphatic carbocycles. The van der Waals surface area contributed by atoms with Gasteiger partial charge in [-0.3, -0.25) is 4.79 Å². The lowest BCUT2D eigenvalue weighted by atomic mass is 10.0. The Labute approximate surface area is 69.8 Å². The number of Topliss-reactive ketones (excluding diaryl/α,β-unsaturated/α-hetero) is 1. The molecule has 4 atom stereocenters. The molecule has 0 spiro atoms. The van der Waals surface area contributed by atoms with Crippen LogP contribution >= 0.6 is 0 Å². The summed E-state index contributed by atoms with van der Waals surface area (Å²) in [6.07, 6.45) is -3.75. The first-order valence-electron chi connectivity index (χ1n) is 3.86. The maximum atomic E-state index is 10.9. The summed E-state index contributed by atoms with van der Waals surface area (Å²) in [6.45, 7) is 0. The largest absolute Gasteiger partial charge is 0.389 e. The highest BCUT2D eigenvalue weighted by Crippen LogP contribution is 2.15. The van der Waals surface area contributed by atoms with Crippen LogP contribution in [0.3, 0.4) is 0 Å². The molecule has 0 aromatic rings. The summed E-state index contributed by atoms with van der Waals surface area (Å²) in [7, 11) is 0. The summed E-state index contributed by atoms with van der Waals surface area (Å²) in [5.41, 5.74) is 5.42. The molecule has 5 nitrogen and oxygen atoms in total. The van der Waals surface area contributed by atoms with E-state index in [9.17, 15) is 9.90 Å². The fraction of sp³-hybridized carbons (Fsp3) is 0.857. The number of ketones is 1. The third-order valence-electron chi connectivity index (χ3n) is 2.17. The Morgan fingerprint density at radius 1 is 1.25 bits per heavy atom. The van der Waals surface area contributed by atoms with Gasteiger partial charge in [-0.05, 0) is 6.42 Å². The SMILES string of the molecule is N[C@H]1CCC(=O)[C@@H](O)[C@H](O)[C@H]1O. The van der Waals surface area contributed by atoms with Crippen LogP contribution < -0.4 is 5.73 Å². The summed E-state index contributed by atoms with van der Waals surface area (Å²) in [4.78, 5) is 10.9. The topological polar surface area (TPSA) is 104 Å². The summed E-state index contributed by atoms with van der Waals surface area (Å²) >= 11 is 0. The van der Waals surface area contributed by atoms with Crippen molar-refractivity contribution in [2.45, 2.75) is 37.2 Å². The van der Waals surface area contributed by atoms with Gasteiger partial charge in [0.1, 0.15) is 12.2 Å². The van der Waals surface area contributed by atoms with Gasteiger partial charge < -0.3 is 21.1 Å². The van der Waals surface area contributed by atoms with Gasteiger partial charge >= 0.3 is 0 Å². The molecular weight excluding hydrogens is 162 g/mol. The first-order chi connectivity index (χ1) is 5.54. The average molecular weight is 175 g/mol. The molecule has 1 aliphatic rings. The Morgan fingerprint density at radius 3 is 2.42 bits per heavy atom. The molecule has 5 heteroatoms. The highest BCUT2D eigenvalue weighted by Gasteiger charge is 2.36. The Hall–Kier alpha value is -0.490. The summed E-state index contributed by atoms with van der Waals surface area (Å²) < 4.78 is 0. The number of aliphatic hydroxyl groups is 3. The highest BCUT2D eigenvalue weighted by atomic mass is 16.4. The van der Waals surface area contributed by atoms with Crippen LogP contribution in [0.4, 0.5) is 0 Å². The van der Waals surface area contributed by atoms with Gasteiger partial charge in [0, 0.05) is 12.5 Å². The molecule has 0 saturated heterocycles. The summed E-state index contributed by atoms with van der Waals surface area (Å²) in [5.74, 6) is -0.463. The normalized spacial score (nSPS) is 44.2. The van der Waals surface area contributed by atoms with Crippen LogP contribution in [0.5, 0.6) is 0 Å². The lowest BCUT2D eigenvalue weighted by molar-refractivity contribution is -0.136. The van der Waals surface area contributed by atoms with Crippen molar-refractivity contribution in [2.75, 3.05) is 0 Å². The zero-order valence-electron chi connectivity index (χ0n) is 6.55. The minimum Gasteiger partial charge on any atom is -0.389 e. The van der Waals surface area contributed by atoms with Crippen molar-refractivity contribution in [3.63, 3.8) is 0 Å². The van der Waals surface area contributed by atoms with E-state index in [0.29, 0.717) is 6.42 Å². The molecule has 0 amide bonds. The first-order valence-corrected chi connectivity index (χ1v) is 3.86. The van der Waals surface area contributed by atoms with Crippen LogP contribution in [0.25, 0.3) is 0 Å². The molecule has 0 bridgehead atoms. The summed E-state index contributed by atoms with van der Waals surface area (Å²) in [5, 5.41) is 27.5. The quantitative estimate of drug-likeness (QED) is 0.312. The number of nitrogens with two attached hydrogens (primary N) is 1. The molecule has 0 aromatic heterocycles. The standard InChI is InChI=1S/C7H13NO4/c8-3-1-2-4(9)6(11)7(12)5(3)10/h3,5-7,10-12H,1-2,8H2/t3-,5-,6+,7+/m0/s1. The lowest BCUT2D eigenvalue weighted by Crippen LogP contribution is -2.47. The van der Waals surface area contributed by atoms with Gasteiger partial charge in [0.25, 0.3) is 0 Å². The predicted molar refractivity (Wildman–Crippen MR) is 40.2 cm³/mol. The van der Waals surface area contributed by atoms with Crippen molar-refractivity contribution in [1.82, 2.24) is 0 Å². The number of rotatable bonds is 0. The third-order valence-corrected chi connectivity index (χ3v) is 2.17. The molecule has 5 N–H and O–H groups in total. The van der Waals surface area contributed by atoms with Crippen molar-refractivity contribution in [3.05, 3.63) is 0 Å². The van der Waals surface area contributed by atoms with E-state index >= 15 is 0 Å². The molecule has 0 aromatic carbocycles. The minimum absolute atomic E-state index is 0.108. The van der Waals surface area contributed by atoms with Gasteiger partial charge in [-0.2, -0.15) is 0 Å². The number of hydrogen-bond acceptors (Lipinski definition) is 5. The van der Waals surface area contributed by atoms with E-state index in [1.165, 1.54) is 0 Å². The zero-order chi connectivity index (χ0) is 9.30. The molecular formula is C7H13NO4. The van der Waals surface area contributed by atoms with E-state index in [1.807, 2.05) is 0 Å². The van der Waals surface area contributed by atoms with Gasteiger partial charge in [0.05, 0.1) is 6.10 Å². The Morgan fingerprint density at radius 2 is 1.83 bits per heavy atom. The van der Waals surface area contributed by atoms with Crippen LogP contribution in [0.15, 0.2) is 0 Å². The maximum Gasteiger partial charge on any atom is 0.164 e. The van der Waals surface area contributed by atoms with Crippen molar-refractivity contribution < 1.29 is 20.1 Å². The second kappa shape index (κ2) is 3.49. The van der Waals surface area contributed by atoms with Gasteiger partial charge in [-0.1, -0.05) is 0 Å². The number of hydrogen-bond donors (Lipinski definition) is 4. The van der Waals surface area contributed by atoms with Crippen LogP contribution in [-0.4, -0.2) is 45.5 Å². The molecule has 12 heavy (non-hydrogen) atoms. The highest BCUT2D eigenvalue weighted by molar-refractivity contribution is 5.83. The molecule has 0 radical (unpaired) electrons. The van der Waals surface area contributed by atoms with E-state index in [0.717, 1.165) is 0 Å². The molecule has 1 fully saturated rings. The Bertz CT molecular complexity index is 184. The van der Waals surface area contributed by atoms with E-state index in [-0.39, 0.29) is 6.42 Å². The fourth-order valence-corrected chi connectivity index (χ4v) is 1.26. The van der Waals surface area contributed by atoms with Crippen molar-refractivity contribution in [3.8, 4) is 0 Å². The summed E-state index contributed by atoms with van der Waals surface area (Å²) in [6, 6.07) is -0.638. The van der Waals surface area contributed by atoms with Crippen molar-refractivity contribution in [2.24, 2.45) is 5.73 Å². The van der Waals surface area contributed by atoms with Crippen LogP contribution in [0.2, 0.25) is 0 Å². The predicted octanol–water partition coefficient (Wildman–Crippen LogP) is -2.24. The average Bonchev–Trinajstić information content (AvgIpc) is 2.14. The van der Waals surface area contributed by atoms with Crippen molar-refractivity contribution >= 4 is 5.78 Å². The second-order valence-electron chi connectivity index (χ2n) is 3.09. The smallest absolute Gasteiger partial charge is 0.164 e. The Kier molecular flexibility index (Phi) is 2.79. The Balaban J connectivity index is 2.75. The number of carbonyl (C=O) groups is 1. The van der Waals surface area contributed by atoms with Gasteiger partial charge in [-0.15, -0.1) is 0 Å². The first kappa shape index (κ1) is 9.60. The van der Waals surface area contributed by atoms with Gasteiger partial charge in [0.2, 0.25) is 0 Å².